The van der Waals surface area contributed by atoms with Gasteiger partial charge >= 0.3 is 5.97 Å². The summed E-state index contributed by atoms with van der Waals surface area (Å²) in [7, 11) is 0. The maximum absolute atomic E-state index is 13.1. The second-order valence-electron chi connectivity index (χ2n) is 10.6. The summed E-state index contributed by atoms with van der Waals surface area (Å²) in [4.78, 5) is 26.6. The molecule has 2 bridgehead atoms. The van der Waals surface area contributed by atoms with Gasteiger partial charge in [-0.05, 0) is 73.2 Å². The quantitative estimate of drug-likeness (QED) is 0.558. The van der Waals surface area contributed by atoms with Crippen LogP contribution in [0.4, 0.5) is 0 Å². The van der Waals surface area contributed by atoms with Crippen LogP contribution in [0.2, 0.25) is 0 Å². The number of aliphatic carboxylic acids is 1. The van der Waals surface area contributed by atoms with Gasteiger partial charge in [0.2, 0.25) is 5.91 Å². The van der Waals surface area contributed by atoms with Gasteiger partial charge in [-0.25, -0.2) is 0 Å². The average Bonchev–Trinajstić information content (AvgIpc) is 2.94. The van der Waals surface area contributed by atoms with E-state index < -0.39 is 5.97 Å². The number of nitrogens with zero attached hydrogens (tertiary/aromatic N) is 1. The van der Waals surface area contributed by atoms with E-state index in [1.54, 1.807) is 6.07 Å². The Hall–Kier alpha value is -2.86. The molecular weight excluding hydrogens is 428 g/mol. The van der Waals surface area contributed by atoms with E-state index in [0.717, 1.165) is 31.4 Å². The first-order chi connectivity index (χ1) is 16.3. The molecule has 1 spiro atoms. The number of aromatic hydroxyl groups is 1. The zero-order valence-electron chi connectivity index (χ0n) is 19.7. The number of carboxylic acid groups (broad SMARTS) is 1. The van der Waals surface area contributed by atoms with Crippen LogP contribution in [0.5, 0.6) is 5.75 Å². The standard InChI is InChI=1S/C28H34N2O4/c1-19-27(22-8-5-9-23(31)15-22)12-13-30(24-10-11-28(19,24)18-27)17-21(26(34)29-16-25(32)33)14-20-6-3-2-4-7-20/h2-9,15,19,21,24,31H,10-14,16-18H2,1H3,(H,29,34)(H,32,33). The Balaban J connectivity index is 1.38. The number of carboxylic acids is 1. The zero-order chi connectivity index (χ0) is 23.9. The highest BCUT2D eigenvalue weighted by atomic mass is 16.4. The fourth-order valence-electron chi connectivity index (χ4n) is 7.28. The van der Waals surface area contributed by atoms with Crippen molar-refractivity contribution in [1.82, 2.24) is 10.2 Å². The van der Waals surface area contributed by atoms with Gasteiger partial charge in [-0.15, -0.1) is 0 Å². The molecule has 4 aliphatic rings. The topological polar surface area (TPSA) is 89.9 Å². The molecule has 0 aromatic heterocycles. The molecule has 3 N–H and O–H groups in total. The molecule has 34 heavy (non-hydrogen) atoms. The van der Waals surface area contributed by atoms with Gasteiger partial charge in [-0.1, -0.05) is 49.4 Å². The number of nitrogens with one attached hydrogen (secondary N) is 1. The predicted octanol–water partition coefficient (Wildman–Crippen LogP) is 3.58. The summed E-state index contributed by atoms with van der Waals surface area (Å²) in [6.45, 7) is 3.57. The molecule has 5 unspecified atom stereocenters. The summed E-state index contributed by atoms with van der Waals surface area (Å²) in [6, 6.07) is 18.2. The summed E-state index contributed by atoms with van der Waals surface area (Å²) >= 11 is 0. The largest absolute Gasteiger partial charge is 0.508 e. The Labute approximate surface area is 201 Å². The van der Waals surface area contributed by atoms with Crippen molar-refractivity contribution in [3.05, 3.63) is 65.7 Å². The minimum absolute atomic E-state index is 0.0760. The van der Waals surface area contributed by atoms with Crippen molar-refractivity contribution < 1.29 is 19.8 Å². The van der Waals surface area contributed by atoms with Crippen molar-refractivity contribution in [2.24, 2.45) is 17.3 Å². The Morgan fingerprint density at radius 1 is 1.15 bits per heavy atom. The molecule has 2 aliphatic carbocycles. The van der Waals surface area contributed by atoms with Crippen LogP contribution in [0, 0.1) is 17.3 Å². The molecule has 2 saturated carbocycles. The normalized spacial score (nSPS) is 30.7. The molecule has 5 atom stereocenters. The minimum Gasteiger partial charge on any atom is -0.508 e. The molecule has 1 amide bonds. The number of benzene rings is 2. The molecule has 2 aromatic carbocycles. The lowest BCUT2D eigenvalue weighted by Crippen LogP contribution is -2.68. The lowest BCUT2D eigenvalue weighted by atomic mass is 9.36. The first-order valence-electron chi connectivity index (χ1n) is 12.4. The van der Waals surface area contributed by atoms with Crippen LogP contribution in [-0.2, 0) is 21.4 Å². The van der Waals surface area contributed by atoms with Crippen molar-refractivity contribution in [2.75, 3.05) is 19.6 Å². The fourth-order valence-corrected chi connectivity index (χ4v) is 7.28. The average molecular weight is 463 g/mol. The van der Waals surface area contributed by atoms with Crippen LogP contribution < -0.4 is 5.32 Å². The first kappa shape index (κ1) is 22.9. The molecule has 180 valence electrons. The third kappa shape index (κ3) is 3.78. The van der Waals surface area contributed by atoms with Gasteiger partial charge in [0.15, 0.2) is 0 Å². The Bertz CT molecular complexity index is 1070. The summed E-state index contributed by atoms with van der Waals surface area (Å²) in [6.07, 6.45) is 5.10. The summed E-state index contributed by atoms with van der Waals surface area (Å²) in [5.41, 5.74) is 2.67. The predicted molar refractivity (Wildman–Crippen MR) is 129 cm³/mol. The lowest BCUT2D eigenvalue weighted by Gasteiger charge is -2.69. The van der Waals surface area contributed by atoms with E-state index in [1.165, 1.54) is 12.0 Å². The van der Waals surface area contributed by atoms with Crippen LogP contribution in [0.1, 0.15) is 43.7 Å². The smallest absolute Gasteiger partial charge is 0.322 e. The van der Waals surface area contributed by atoms with Crippen molar-refractivity contribution in [3.63, 3.8) is 0 Å². The van der Waals surface area contributed by atoms with Gasteiger partial charge in [-0.2, -0.15) is 0 Å². The molecular formula is C28H34N2O4. The number of carbonyl (C=O) groups excluding carboxylic acids is 1. The van der Waals surface area contributed by atoms with E-state index in [1.807, 2.05) is 42.5 Å². The Morgan fingerprint density at radius 2 is 1.94 bits per heavy atom. The highest BCUT2D eigenvalue weighted by Crippen LogP contribution is 2.72. The van der Waals surface area contributed by atoms with E-state index in [9.17, 15) is 14.7 Å². The fraction of sp³-hybridized carbons (Fsp3) is 0.500. The first-order valence-corrected chi connectivity index (χ1v) is 12.4. The van der Waals surface area contributed by atoms with Crippen LogP contribution in [0.25, 0.3) is 0 Å². The molecule has 2 aliphatic heterocycles. The maximum Gasteiger partial charge on any atom is 0.322 e. The highest BCUT2D eigenvalue weighted by Gasteiger charge is 2.70. The molecule has 6 heteroatoms. The second-order valence-corrected chi connectivity index (χ2v) is 10.6. The van der Waals surface area contributed by atoms with Gasteiger partial charge in [0.1, 0.15) is 12.3 Å². The number of amides is 1. The van der Waals surface area contributed by atoms with E-state index in [0.29, 0.717) is 30.7 Å². The van der Waals surface area contributed by atoms with Crippen molar-refractivity contribution in [1.29, 1.82) is 0 Å². The van der Waals surface area contributed by atoms with Crippen molar-refractivity contribution in [3.8, 4) is 5.75 Å². The molecule has 2 heterocycles. The maximum atomic E-state index is 13.1. The van der Waals surface area contributed by atoms with Crippen molar-refractivity contribution in [2.45, 2.75) is 50.5 Å². The zero-order valence-corrected chi connectivity index (χ0v) is 19.7. The van der Waals surface area contributed by atoms with E-state index in [2.05, 4.69) is 23.2 Å². The van der Waals surface area contributed by atoms with E-state index >= 15 is 0 Å². The third-order valence-corrected chi connectivity index (χ3v) is 9.15. The Morgan fingerprint density at radius 3 is 2.59 bits per heavy atom. The number of hydrogen-bond acceptors (Lipinski definition) is 4. The second kappa shape index (κ2) is 8.73. The lowest BCUT2D eigenvalue weighted by molar-refractivity contribution is -0.157. The summed E-state index contributed by atoms with van der Waals surface area (Å²) < 4.78 is 0. The molecule has 0 radical (unpaired) electrons. The molecule has 2 saturated heterocycles. The van der Waals surface area contributed by atoms with Crippen LogP contribution in [0.15, 0.2) is 54.6 Å². The molecule has 2 aromatic rings. The van der Waals surface area contributed by atoms with Gasteiger partial charge in [-0.3, -0.25) is 14.5 Å². The number of phenols is 1. The number of hydrogen-bond donors (Lipinski definition) is 3. The highest BCUT2D eigenvalue weighted by molar-refractivity contribution is 5.83. The van der Waals surface area contributed by atoms with Gasteiger partial charge in [0.25, 0.3) is 0 Å². The van der Waals surface area contributed by atoms with Gasteiger partial charge in [0, 0.05) is 18.0 Å². The monoisotopic (exact) mass is 462 g/mol. The summed E-state index contributed by atoms with van der Waals surface area (Å²) in [5, 5.41) is 21.8. The number of carbonyl (C=O) groups is 2. The van der Waals surface area contributed by atoms with E-state index in [4.69, 9.17) is 5.11 Å². The SMILES string of the molecule is CC1C2(c3cccc(O)c3)CCN(CC(Cc3ccccc3)C(=O)NCC(=O)O)C3CCC31C2. The van der Waals surface area contributed by atoms with Gasteiger partial charge < -0.3 is 15.5 Å². The number of phenolic OH excluding ortho intramolecular Hbond substituents is 1. The molecule has 4 fully saturated rings. The minimum atomic E-state index is -1.03. The summed E-state index contributed by atoms with van der Waals surface area (Å²) in [5.74, 6) is -0.667. The van der Waals surface area contributed by atoms with Gasteiger partial charge in [0.05, 0.1) is 5.92 Å². The molecule has 6 rings (SSSR count). The van der Waals surface area contributed by atoms with Crippen molar-refractivity contribution >= 4 is 11.9 Å². The Kier molecular flexibility index (Phi) is 5.88. The molecule has 6 nitrogen and oxygen atoms in total. The number of rotatable bonds is 8. The third-order valence-electron chi connectivity index (χ3n) is 9.15. The van der Waals surface area contributed by atoms with Crippen LogP contribution in [-0.4, -0.2) is 52.7 Å². The number of fused-ring (bicyclic) bond motifs is 2. The van der Waals surface area contributed by atoms with E-state index in [-0.39, 0.29) is 29.2 Å². The van der Waals surface area contributed by atoms with Crippen LogP contribution in [0.3, 0.4) is 0 Å². The van der Waals surface area contributed by atoms with Crippen LogP contribution >= 0.6 is 0 Å².